The fourth-order valence-corrected chi connectivity index (χ4v) is 3.02. The normalized spacial score (nSPS) is 14.0. The number of sulfonamides is 1. The molecule has 1 aromatic rings. The fraction of sp³-hybridized carbons (Fsp3) is 0.727. The number of anilines is 1. The van der Waals surface area contributed by atoms with Crippen LogP contribution < -0.4 is 10.5 Å². The molecule has 0 aliphatic rings. The van der Waals surface area contributed by atoms with Crippen LogP contribution in [0.15, 0.2) is 11.1 Å². The van der Waals surface area contributed by atoms with E-state index in [1.807, 2.05) is 6.92 Å². The summed E-state index contributed by atoms with van der Waals surface area (Å²) in [5, 5.41) is 6.03. The number of hydrogen-bond donors (Lipinski definition) is 3. The Bertz CT molecular complexity index is 467. The second kappa shape index (κ2) is 6.19. The maximum Gasteiger partial charge on any atom is 0.246 e. The number of aromatic amines is 1. The van der Waals surface area contributed by atoms with Crippen LogP contribution >= 0.6 is 0 Å². The van der Waals surface area contributed by atoms with Gasteiger partial charge in [-0.3, -0.25) is 5.10 Å². The Morgan fingerprint density at radius 3 is 2.56 bits per heavy atom. The molecule has 0 spiro atoms. The first-order valence-electron chi connectivity index (χ1n) is 6.14. The monoisotopic (exact) mass is 274 g/mol. The molecular formula is C11H22N4O2S. The van der Waals surface area contributed by atoms with Crippen molar-refractivity contribution in [1.29, 1.82) is 0 Å². The first kappa shape index (κ1) is 15.0. The molecule has 0 aliphatic carbocycles. The van der Waals surface area contributed by atoms with E-state index in [0.29, 0.717) is 5.92 Å². The maximum atomic E-state index is 12.0. The van der Waals surface area contributed by atoms with Crippen LogP contribution in [-0.2, 0) is 10.0 Å². The second-order valence-electron chi connectivity index (χ2n) is 5.00. The number of nitrogens with zero attached hydrogens (tertiary/aromatic N) is 1. The van der Waals surface area contributed by atoms with Gasteiger partial charge in [-0.25, -0.2) is 13.1 Å². The lowest BCUT2D eigenvalue weighted by molar-refractivity contribution is 0.488. The third kappa shape index (κ3) is 4.30. The topological polar surface area (TPSA) is 101 Å². The minimum Gasteiger partial charge on any atom is -0.383 e. The Hall–Kier alpha value is -1.08. The number of aromatic nitrogens is 2. The average molecular weight is 274 g/mol. The third-order valence-electron chi connectivity index (χ3n) is 2.70. The number of nitrogens with one attached hydrogen (secondary N) is 2. The number of nitrogens with two attached hydrogens (primary N) is 1. The number of nitrogen functional groups attached to an aromatic ring is 1. The lowest BCUT2D eigenvalue weighted by Gasteiger charge is -2.14. The molecule has 1 heterocycles. The molecule has 0 amide bonds. The predicted octanol–water partition coefficient (Wildman–Crippen LogP) is 1.48. The highest BCUT2D eigenvalue weighted by molar-refractivity contribution is 7.89. The van der Waals surface area contributed by atoms with E-state index in [4.69, 9.17) is 5.73 Å². The molecule has 0 radical (unpaired) electrons. The first-order chi connectivity index (χ1) is 8.33. The van der Waals surface area contributed by atoms with Gasteiger partial charge in [-0.1, -0.05) is 26.7 Å². The van der Waals surface area contributed by atoms with Gasteiger partial charge in [0.05, 0.1) is 6.20 Å². The van der Waals surface area contributed by atoms with Gasteiger partial charge in [0.1, 0.15) is 10.7 Å². The summed E-state index contributed by atoms with van der Waals surface area (Å²) < 4.78 is 26.5. The van der Waals surface area contributed by atoms with Crippen LogP contribution in [0.1, 0.15) is 40.0 Å². The standard InChI is InChI=1S/C11H22N4O2S/c1-8(2)5-4-6-9(3)15-18(16,17)10-7-13-14-11(10)12/h7-9,15H,4-6H2,1-3H3,(H3,12,13,14). The minimum atomic E-state index is -3.57. The lowest BCUT2D eigenvalue weighted by Crippen LogP contribution is -2.32. The van der Waals surface area contributed by atoms with Crippen LogP contribution in [-0.4, -0.2) is 24.7 Å². The quantitative estimate of drug-likeness (QED) is 0.701. The Morgan fingerprint density at radius 2 is 2.06 bits per heavy atom. The number of rotatable bonds is 7. The summed E-state index contributed by atoms with van der Waals surface area (Å²) in [5.41, 5.74) is 5.51. The molecule has 4 N–H and O–H groups in total. The molecule has 1 rings (SSSR count). The van der Waals surface area contributed by atoms with Gasteiger partial charge in [0.25, 0.3) is 0 Å². The molecule has 18 heavy (non-hydrogen) atoms. The van der Waals surface area contributed by atoms with Gasteiger partial charge in [-0.05, 0) is 19.3 Å². The summed E-state index contributed by atoms with van der Waals surface area (Å²) in [6.45, 7) is 6.16. The van der Waals surface area contributed by atoms with Crippen LogP contribution in [0.4, 0.5) is 5.82 Å². The van der Waals surface area contributed by atoms with Crippen LogP contribution in [0.5, 0.6) is 0 Å². The Morgan fingerprint density at radius 1 is 1.39 bits per heavy atom. The predicted molar refractivity (Wildman–Crippen MR) is 71.5 cm³/mol. The molecule has 0 bridgehead atoms. The van der Waals surface area contributed by atoms with Crippen molar-refractivity contribution in [2.75, 3.05) is 5.73 Å². The molecule has 1 aromatic heterocycles. The van der Waals surface area contributed by atoms with E-state index in [9.17, 15) is 8.42 Å². The molecule has 0 aromatic carbocycles. The number of H-pyrrole nitrogens is 1. The van der Waals surface area contributed by atoms with Crippen molar-refractivity contribution >= 4 is 15.8 Å². The van der Waals surface area contributed by atoms with Crippen molar-refractivity contribution in [2.45, 2.75) is 51.0 Å². The maximum absolute atomic E-state index is 12.0. The Balaban J connectivity index is 2.54. The van der Waals surface area contributed by atoms with Crippen molar-refractivity contribution in [3.05, 3.63) is 6.20 Å². The van der Waals surface area contributed by atoms with E-state index in [0.717, 1.165) is 19.3 Å². The molecule has 6 nitrogen and oxygen atoms in total. The van der Waals surface area contributed by atoms with E-state index in [1.165, 1.54) is 6.20 Å². The molecule has 0 saturated heterocycles. The van der Waals surface area contributed by atoms with E-state index in [1.54, 1.807) is 0 Å². The smallest absolute Gasteiger partial charge is 0.246 e. The van der Waals surface area contributed by atoms with Gasteiger partial charge in [0.15, 0.2) is 0 Å². The summed E-state index contributed by atoms with van der Waals surface area (Å²) in [7, 11) is -3.57. The summed E-state index contributed by atoms with van der Waals surface area (Å²) in [4.78, 5) is 0.0122. The van der Waals surface area contributed by atoms with Gasteiger partial charge < -0.3 is 5.73 Å². The lowest BCUT2D eigenvalue weighted by atomic mass is 10.0. The van der Waals surface area contributed by atoms with Gasteiger partial charge in [0, 0.05) is 6.04 Å². The van der Waals surface area contributed by atoms with Crippen LogP contribution in [0.25, 0.3) is 0 Å². The SMILES string of the molecule is CC(C)CCCC(C)NS(=O)(=O)c1cn[nH]c1N. The van der Waals surface area contributed by atoms with Crippen molar-refractivity contribution < 1.29 is 8.42 Å². The van der Waals surface area contributed by atoms with Crippen molar-refractivity contribution in [3.63, 3.8) is 0 Å². The Labute approximate surface area is 108 Å². The first-order valence-corrected chi connectivity index (χ1v) is 7.62. The van der Waals surface area contributed by atoms with Gasteiger partial charge in [0.2, 0.25) is 10.0 Å². The molecule has 0 aliphatic heterocycles. The zero-order valence-corrected chi connectivity index (χ0v) is 11.9. The van der Waals surface area contributed by atoms with E-state index in [2.05, 4.69) is 28.8 Å². The highest BCUT2D eigenvalue weighted by Crippen LogP contribution is 2.15. The molecule has 0 saturated carbocycles. The molecule has 1 unspecified atom stereocenters. The molecule has 104 valence electrons. The van der Waals surface area contributed by atoms with E-state index >= 15 is 0 Å². The van der Waals surface area contributed by atoms with Gasteiger partial charge in [-0.15, -0.1) is 0 Å². The van der Waals surface area contributed by atoms with Gasteiger partial charge >= 0.3 is 0 Å². The third-order valence-corrected chi connectivity index (χ3v) is 4.31. The summed E-state index contributed by atoms with van der Waals surface area (Å²) in [6, 6.07) is -0.108. The fourth-order valence-electron chi connectivity index (χ4n) is 1.72. The van der Waals surface area contributed by atoms with Crippen LogP contribution in [0.2, 0.25) is 0 Å². The van der Waals surface area contributed by atoms with Crippen molar-refractivity contribution in [3.8, 4) is 0 Å². The largest absolute Gasteiger partial charge is 0.383 e. The summed E-state index contributed by atoms with van der Waals surface area (Å²) in [5.74, 6) is 0.704. The minimum absolute atomic E-state index is 0.0122. The number of hydrogen-bond acceptors (Lipinski definition) is 4. The van der Waals surface area contributed by atoms with Crippen molar-refractivity contribution in [2.24, 2.45) is 5.92 Å². The zero-order chi connectivity index (χ0) is 13.8. The van der Waals surface area contributed by atoms with Gasteiger partial charge in [-0.2, -0.15) is 5.10 Å². The van der Waals surface area contributed by atoms with Crippen LogP contribution in [0, 0.1) is 5.92 Å². The highest BCUT2D eigenvalue weighted by atomic mass is 32.2. The molecule has 0 fully saturated rings. The molecule has 1 atom stereocenters. The Kier molecular flexibility index (Phi) is 5.15. The average Bonchev–Trinajstić information content (AvgIpc) is 2.63. The van der Waals surface area contributed by atoms with E-state index in [-0.39, 0.29) is 16.8 Å². The van der Waals surface area contributed by atoms with Crippen LogP contribution in [0.3, 0.4) is 0 Å². The van der Waals surface area contributed by atoms with E-state index < -0.39 is 10.0 Å². The zero-order valence-electron chi connectivity index (χ0n) is 11.1. The molecule has 7 heteroatoms. The summed E-state index contributed by atoms with van der Waals surface area (Å²) >= 11 is 0. The van der Waals surface area contributed by atoms with Crippen molar-refractivity contribution in [1.82, 2.24) is 14.9 Å². The molecular weight excluding hydrogens is 252 g/mol. The highest BCUT2D eigenvalue weighted by Gasteiger charge is 2.21. The second-order valence-corrected chi connectivity index (χ2v) is 6.68. The summed E-state index contributed by atoms with van der Waals surface area (Å²) in [6.07, 6.45) is 4.13.